The zero-order valence-electron chi connectivity index (χ0n) is 14.6. The summed E-state index contributed by atoms with van der Waals surface area (Å²) in [5.74, 6) is 0.0161. The molecule has 0 N–H and O–H groups in total. The molecule has 10 heteroatoms. The highest BCUT2D eigenvalue weighted by Gasteiger charge is 2.34. The van der Waals surface area contributed by atoms with Gasteiger partial charge in [-0.05, 0) is 12.5 Å². The Balaban J connectivity index is 1.69. The molecule has 1 aromatic heterocycles. The highest BCUT2D eigenvalue weighted by Crippen LogP contribution is 2.29. The highest BCUT2D eigenvalue weighted by molar-refractivity contribution is 5.40. The van der Waals surface area contributed by atoms with Crippen LogP contribution in [0, 0.1) is 10.1 Å². The molecule has 1 atom stereocenters. The quantitative estimate of drug-likeness (QED) is 0.585. The Kier molecular flexibility index (Phi) is 5.26. The third-order valence-electron chi connectivity index (χ3n) is 4.63. The largest absolute Gasteiger partial charge is 0.433 e. The van der Waals surface area contributed by atoms with E-state index in [-0.39, 0.29) is 17.7 Å². The number of aromatic nitrogens is 2. The molecule has 0 radical (unpaired) electrons. The number of anilines is 1. The SMILES string of the molecule is CN(c1nccc(C(F)(F)F)n1)C1CCN(Cc2ccccc2[N+](=O)[O-])C1. The molecule has 0 bridgehead atoms. The monoisotopic (exact) mass is 381 g/mol. The van der Waals surface area contributed by atoms with Gasteiger partial charge in [0.05, 0.1) is 4.92 Å². The number of likely N-dealkylation sites (tertiary alicyclic amines) is 1. The molecule has 1 unspecified atom stereocenters. The molecule has 1 aliphatic heterocycles. The molecule has 0 amide bonds. The number of para-hydroxylation sites is 1. The van der Waals surface area contributed by atoms with Crippen LogP contribution in [-0.4, -0.2) is 46.0 Å². The fraction of sp³-hybridized carbons (Fsp3) is 0.412. The van der Waals surface area contributed by atoms with Crippen molar-refractivity contribution in [1.29, 1.82) is 0 Å². The van der Waals surface area contributed by atoms with E-state index < -0.39 is 16.8 Å². The van der Waals surface area contributed by atoms with Crippen LogP contribution in [0.5, 0.6) is 0 Å². The molecule has 1 fully saturated rings. The summed E-state index contributed by atoms with van der Waals surface area (Å²) in [6, 6.07) is 7.31. The van der Waals surface area contributed by atoms with Crippen molar-refractivity contribution in [1.82, 2.24) is 14.9 Å². The van der Waals surface area contributed by atoms with E-state index in [4.69, 9.17) is 0 Å². The van der Waals surface area contributed by atoms with Crippen molar-refractivity contribution < 1.29 is 18.1 Å². The maximum absolute atomic E-state index is 12.8. The normalized spacial score (nSPS) is 17.9. The third-order valence-corrected chi connectivity index (χ3v) is 4.63. The molecular formula is C17H18F3N5O2. The predicted octanol–water partition coefficient (Wildman–Crippen LogP) is 3.11. The number of benzene rings is 1. The summed E-state index contributed by atoms with van der Waals surface area (Å²) in [5.41, 5.74) is -0.300. The molecule has 2 aromatic rings. The molecule has 0 spiro atoms. The first-order chi connectivity index (χ1) is 12.8. The van der Waals surface area contributed by atoms with Gasteiger partial charge < -0.3 is 4.90 Å². The van der Waals surface area contributed by atoms with Gasteiger partial charge in [0.15, 0.2) is 0 Å². The lowest BCUT2D eigenvalue weighted by Gasteiger charge is -2.25. The molecule has 0 saturated carbocycles. The third kappa shape index (κ3) is 4.33. The van der Waals surface area contributed by atoms with E-state index in [0.717, 1.165) is 12.3 Å². The van der Waals surface area contributed by atoms with Crippen LogP contribution < -0.4 is 4.90 Å². The van der Waals surface area contributed by atoms with Gasteiger partial charge in [-0.1, -0.05) is 18.2 Å². The lowest BCUT2D eigenvalue weighted by atomic mass is 10.1. The van der Waals surface area contributed by atoms with Crippen LogP contribution in [0.3, 0.4) is 0 Å². The van der Waals surface area contributed by atoms with E-state index in [1.54, 1.807) is 30.1 Å². The zero-order chi connectivity index (χ0) is 19.6. The van der Waals surface area contributed by atoms with Gasteiger partial charge in [0.25, 0.3) is 5.69 Å². The Hall–Kier alpha value is -2.75. The van der Waals surface area contributed by atoms with Crippen LogP contribution >= 0.6 is 0 Å². The second kappa shape index (κ2) is 7.47. The molecule has 1 aromatic carbocycles. The number of nitro benzene ring substituents is 1. The van der Waals surface area contributed by atoms with Gasteiger partial charge in [-0.2, -0.15) is 13.2 Å². The maximum atomic E-state index is 12.8. The minimum Gasteiger partial charge on any atom is -0.340 e. The summed E-state index contributed by atoms with van der Waals surface area (Å²) < 4.78 is 38.5. The summed E-state index contributed by atoms with van der Waals surface area (Å²) >= 11 is 0. The Labute approximate surface area is 153 Å². The summed E-state index contributed by atoms with van der Waals surface area (Å²) in [6.07, 6.45) is -2.72. The van der Waals surface area contributed by atoms with Gasteiger partial charge in [0, 0.05) is 50.6 Å². The number of halogens is 3. The number of nitrogens with zero attached hydrogens (tertiary/aromatic N) is 5. The van der Waals surface area contributed by atoms with E-state index in [0.29, 0.717) is 31.6 Å². The van der Waals surface area contributed by atoms with Gasteiger partial charge in [-0.25, -0.2) is 9.97 Å². The Morgan fingerprint density at radius 3 is 2.78 bits per heavy atom. The average Bonchev–Trinajstić information content (AvgIpc) is 3.09. The smallest absolute Gasteiger partial charge is 0.340 e. The van der Waals surface area contributed by atoms with Gasteiger partial charge in [-0.3, -0.25) is 15.0 Å². The number of likely N-dealkylation sites (N-methyl/N-ethyl adjacent to an activating group) is 1. The van der Waals surface area contributed by atoms with Crippen molar-refractivity contribution in [3.05, 3.63) is 57.9 Å². The second-order valence-corrected chi connectivity index (χ2v) is 6.41. The van der Waals surface area contributed by atoms with E-state index >= 15 is 0 Å². The minimum atomic E-state index is -4.52. The molecule has 2 heterocycles. The van der Waals surface area contributed by atoms with E-state index in [9.17, 15) is 23.3 Å². The molecule has 27 heavy (non-hydrogen) atoms. The molecule has 1 saturated heterocycles. The first kappa shape index (κ1) is 19.0. The summed E-state index contributed by atoms with van der Waals surface area (Å²) in [5, 5.41) is 11.1. The maximum Gasteiger partial charge on any atom is 0.433 e. The first-order valence-corrected chi connectivity index (χ1v) is 8.33. The lowest BCUT2D eigenvalue weighted by molar-refractivity contribution is -0.385. The van der Waals surface area contributed by atoms with Crippen LogP contribution in [0.25, 0.3) is 0 Å². The number of rotatable bonds is 5. The van der Waals surface area contributed by atoms with Crippen molar-refractivity contribution in [3.8, 4) is 0 Å². The van der Waals surface area contributed by atoms with Crippen LogP contribution in [0.1, 0.15) is 17.7 Å². The van der Waals surface area contributed by atoms with Crippen LogP contribution in [0.15, 0.2) is 36.5 Å². The van der Waals surface area contributed by atoms with Crippen molar-refractivity contribution in [3.63, 3.8) is 0 Å². The van der Waals surface area contributed by atoms with Gasteiger partial charge >= 0.3 is 6.18 Å². The number of nitro groups is 1. The molecule has 3 rings (SSSR count). The highest BCUT2D eigenvalue weighted by atomic mass is 19.4. The van der Waals surface area contributed by atoms with Gasteiger partial charge in [0.1, 0.15) is 5.69 Å². The Morgan fingerprint density at radius 2 is 2.07 bits per heavy atom. The Morgan fingerprint density at radius 1 is 1.33 bits per heavy atom. The predicted molar refractivity (Wildman–Crippen MR) is 92.2 cm³/mol. The summed E-state index contributed by atoms with van der Waals surface area (Å²) in [6.45, 7) is 1.65. The van der Waals surface area contributed by atoms with Crippen molar-refractivity contribution in [2.24, 2.45) is 0 Å². The van der Waals surface area contributed by atoms with E-state index in [2.05, 4.69) is 9.97 Å². The summed E-state index contributed by atoms with van der Waals surface area (Å²) in [4.78, 5) is 22.0. The second-order valence-electron chi connectivity index (χ2n) is 6.41. The molecular weight excluding hydrogens is 363 g/mol. The van der Waals surface area contributed by atoms with E-state index in [1.165, 1.54) is 6.07 Å². The fourth-order valence-corrected chi connectivity index (χ4v) is 3.18. The van der Waals surface area contributed by atoms with Crippen LogP contribution in [0.4, 0.5) is 24.8 Å². The standard InChI is InChI=1S/C17H18F3N5O2/c1-23(16-21-8-6-15(22-16)17(18,19)20)13-7-9-24(11-13)10-12-4-2-3-5-14(12)25(26)27/h2-6,8,13H,7,9-11H2,1H3. The van der Waals surface area contributed by atoms with Gasteiger partial charge in [0.2, 0.25) is 5.95 Å². The van der Waals surface area contributed by atoms with Crippen molar-refractivity contribution in [2.45, 2.75) is 25.2 Å². The Bertz CT molecular complexity index is 830. The molecule has 7 nitrogen and oxygen atoms in total. The lowest BCUT2D eigenvalue weighted by Crippen LogP contribution is -2.36. The molecule has 0 aliphatic carbocycles. The van der Waals surface area contributed by atoms with E-state index in [1.807, 2.05) is 4.90 Å². The average molecular weight is 381 g/mol. The minimum absolute atomic E-state index is 0.0161. The first-order valence-electron chi connectivity index (χ1n) is 8.33. The topological polar surface area (TPSA) is 75.4 Å². The zero-order valence-corrected chi connectivity index (χ0v) is 14.6. The number of hydrogen-bond acceptors (Lipinski definition) is 6. The summed E-state index contributed by atoms with van der Waals surface area (Å²) in [7, 11) is 1.66. The van der Waals surface area contributed by atoms with Crippen molar-refractivity contribution in [2.75, 3.05) is 25.0 Å². The van der Waals surface area contributed by atoms with Crippen LogP contribution in [0.2, 0.25) is 0 Å². The molecule has 144 valence electrons. The van der Waals surface area contributed by atoms with Gasteiger partial charge in [-0.15, -0.1) is 0 Å². The number of hydrogen-bond donors (Lipinski definition) is 0. The van der Waals surface area contributed by atoms with Crippen molar-refractivity contribution >= 4 is 11.6 Å². The van der Waals surface area contributed by atoms with Crippen LogP contribution in [-0.2, 0) is 12.7 Å². The molecule has 1 aliphatic rings. The fourth-order valence-electron chi connectivity index (χ4n) is 3.18. The number of alkyl halides is 3.